The van der Waals surface area contributed by atoms with Crippen molar-refractivity contribution in [3.63, 3.8) is 0 Å². The van der Waals surface area contributed by atoms with Gasteiger partial charge < -0.3 is 0 Å². The van der Waals surface area contributed by atoms with Gasteiger partial charge in [0.1, 0.15) is 5.40 Å². The molecule has 0 bridgehead atoms. The van der Waals surface area contributed by atoms with Crippen LogP contribution in [0.4, 0.5) is 0 Å². The van der Waals surface area contributed by atoms with E-state index in [0.717, 1.165) is 17.3 Å². The monoisotopic (exact) mass is 225 g/mol. The summed E-state index contributed by atoms with van der Waals surface area (Å²) >= 11 is 1.03. The normalized spacial score (nSPS) is 9.94. The first kappa shape index (κ1) is 11.9. The van der Waals surface area contributed by atoms with Gasteiger partial charge in [-0.1, -0.05) is 12.1 Å². The molecule has 0 radical (unpaired) electrons. The van der Waals surface area contributed by atoms with E-state index in [1.807, 2.05) is 17.5 Å². The van der Waals surface area contributed by atoms with Crippen molar-refractivity contribution in [1.82, 2.24) is 0 Å². The second kappa shape index (κ2) is 6.30. The van der Waals surface area contributed by atoms with Crippen molar-refractivity contribution < 1.29 is 0 Å². The molecule has 0 fully saturated rings. The van der Waals surface area contributed by atoms with Crippen molar-refractivity contribution in [1.29, 1.82) is 15.8 Å². The third-order valence-corrected chi connectivity index (χ3v) is 2.40. The second-order valence-corrected chi connectivity index (χ2v) is 3.66. The minimum Gasteiger partial charge on any atom is -0.193 e. The second-order valence-electron chi connectivity index (χ2n) is 2.90. The Labute approximate surface area is 98.2 Å². The van der Waals surface area contributed by atoms with Gasteiger partial charge in [-0.25, -0.2) is 0 Å². The zero-order chi connectivity index (χ0) is 11.8. The molecular weight excluding hydrogens is 218 g/mol. The van der Waals surface area contributed by atoms with E-state index in [9.17, 15) is 0 Å². The van der Waals surface area contributed by atoms with Gasteiger partial charge >= 0.3 is 0 Å². The molecule has 16 heavy (non-hydrogen) atoms. The molecule has 76 valence electrons. The first-order valence-electron chi connectivity index (χ1n) is 4.42. The maximum Gasteiger partial charge on any atom is 0.133 e. The maximum absolute atomic E-state index is 8.82. The Kier molecular flexibility index (Phi) is 4.67. The molecule has 0 spiro atoms. The Morgan fingerprint density at radius 3 is 2.38 bits per heavy atom. The molecule has 0 aliphatic carbocycles. The van der Waals surface area contributed by atoms with E-state index < -0.39 is 0 Å². The number of benzene rings is 1. The van der Waals surface area contributed by atoms with Gasteiger partial charge in [-0.3, -0.25) is 0 Å². The average molecular weight is 225 g/mol. The van der Waals surface area contributed by atoms with Crippen LogP contribution in [0.3, 0.4) is 0 Å². The van der Waals surface area contributed by atoms with Gasteiger partial charge in [0.2, 0.25) is 0 Å². The fraction of sp³-hybridized carbons (Fsp3) is 0.0833. The van der Waals surface area contributed by atoms with Crippen LogP contribution in [0.1, 0.15) is 11.1 Å². The Morgan fingerprint density at radius 2 is 1.88 bits per heavy atom. The largest absolute Gasteiger partial charge is 0.193 e. The predicted molar refractivity (Wildman–Crippen MR) is 62.8 cm³/mol. The highest BCUT2D eigenvalue weighted by atomic mass is 32.2. The molecular formula is C12H7N3S. The summed E-state index contributed by atoms with van der Waals surface area (Å²) in [6, 6.07) is 11.0. The lowest BCUT2D eigenvalue weighted by atomic mass is 10.1. The summed E-state index contributed by atoms with van der Waals surface area (Å²) in [6.45, 7) is 0. The number of hydrogen-bond acceptors (Lipinski definition) is 4. The van der Waals surface area contributed by atoms with Gasteiger partial charge in [-0.2, -0.15) is 15.8 Å². The molecule has 1 aromatic carbocycles. The summed E-state index contributed by atoms with van der Waals surface area (Å²) in [5, 5.41) is 27.7. The topological polar surface area (TPSA) is 71.4 Å². The molecule has 0 atom stereocenters. The Morgan fingerprint density at radius 1 is 1.19 bits per heavy atom. The van der Waals surface area contributed by atoms with E-state index in [0.29, 0.717) is 16.9 Å². The molecule has 1 rings (SSSR count). The highest BCUT2D eigenvalue weighted by molar-refractivity contribution is 8.03. The van der Waals surface area contributed by atoms with Crippen LogP contribution in [0, 0.1) is 33.3 Å². The van der Waals surface area contributed by atoms with E-state index >= 15 is 0 Å². The van der Waals surface area contributed by atoms with Crippen molar-refractivity contribution in [2.75, 3.05) is 5.75 Å². The third kappa shape index (κ3) is 3.50. The smallest absolute Gasteiger partial charge is 0.133 e. The Bertz CT molecular complexity index is 509. The standard InChI is InChI=1S/C12H7N3S/c13-6-11-3-1-10(2-4-11)5-12(7-14)8-16-9-15/h1-5H,8H2/b12-5+. The minimum absolute atomic E-state index is 0.382. The summed E-state index contributed by atoms with van der Waals surface area (Å²) in [4.78, 5) is 0. The molecule has 0 unspecified atom stereocenters. The number of thiocyanates is 1. The fourth-order valence-electron chi connectivity index (χ4n) is 1.07. The van der Waals surface area contributed by atoms with Gasteiger partial charge in [0, 0.05) is 11.3 Å². The van der Waals surface area contributed by atoms with Gasteiger partial charge in [0.25, 0.3) is 0 Å². The molecule has 0 aliphatic heterocycles. The molecule has 3 nitrogen and oxygen atoms in total. The number of thioether (sulfide) groups is 1. The van der Waals surface area contributed by atoms with E-state index in [4.69, 9.17) is 15.8 Å². The van der Waals surface area contributed by atoms with Crippen molar-refractivity contribution in [3.05, 3.63) is 41.0 Å². The lowest BCUT2D eigenvalue weighted by Gasteiger charge is -1.95. The van der Waals surface area contributed by atoms with Crippen LogP contribution < -0.4 is 0 Å². The summed E-state index contributed by atoms with van der Waals surface area (Å²) in [5.74, 6) is 0.382. The van der Waals surface area contributed by atoms with Crippen molar-refractivity contribution >= 4 is 17.8 Å². The summed E-state index contributed by atoms with van der Waals surface area (Å²) in [5.41, 5.74) is 1.98. The van der Waals surface area contributed by atoms with Crippen molar-refractivity contribution in [2.45, 2.75) is 0 Å². The molecule has 0 amide bonds. The number of nitriles is 3. The molecule has 0 saturated carbocycles. The van der Waals surface area contributed by atoms with Gasteiger partial charge in [0.15, 0.2) is 0 Å². The summed E-state index contributed by atoms with van der Waals surface area (Å²) in [7, 11) is 0. The molecule has 0 saturated heterocycles. The van der Waals surface area contributed by atoms with Gasteiger partial charge in [0.05, 0.1) is 17.7 Å². The fourth-order valence-corrected chi connectivity index (χ4v) is 1.44. The van der Waals surface area contributed by atoms with Crippen LogP contribution in [-0.4, -0.2) is 5.75 Å². The number of hydrogen-bond donors (Lipinski definition) is 0. The number of nitrogens with zero attached hydrogens (tertiary/aromatic N) is 3. The average Bonchev–Trinajstić information content (AvgIpc) is 2.35. The van der Waals surface area contributed by atoms with Crippen LogP contribution in [0.2, 0.25) is 0 Å². The zero-order valence-electron chi connectivity index (χ0n) is 8.34. The first-order valence-corrected chi connectivity index (χ1v) is 5.40. The molecule has 4 heteroatoms. The van der Waals surface area contributed by atoms with E-state index in [2.05, 4.69) is 0 Å². The maximum atomic E-state index is 8.82. The molecule has 0 aromatic heterocycles. The van der Waals surface area contributed by atoms with Crippen LogP contribution in [0.15, 0.2) is 29.8 Å². The summed E-state index contributed by atoms with van der Waals surface area (Å²) < 4.78 is 0. The first-order chi connectivity index (χ1) is 7.80. The zero-order valence-corrected chi connectivity index (χ0v) is 9.16. The van der Waals surface area contributed by atoms with Crippen LogP contribution in [0.5, 0.6) is 0 Å². The van der Waals surface area contributed by atoms with Crippen molar-refractivity contribution in [3.8, 4) is 17.5 Å². The Hall–Kier alpha value is -2.22. The Balaban J connectivity index is 2.85. The quantitative estimate of drug-likeness (QED) is 0.585. The SMILES string of the molecule is N#CSC/C(C#N)=C/c1ccc(C#N)cc1. The van der Waals surface area contributed by atoms with E-state index in [-0.39, 0.29) is 0 Å². The van der Waals surface area contributed by atoms with Crippen LogP contribution >= 0.6 is 11.8 Å². The van der Waals surface area contributed by atoms with Gasteiger partial charge in [-0.05, 0) is 35.5 Å². The third-order valence-electron chi connectivity index (χ3n) is 1.82. The minimum atomic E-state index is 0.382. The van der Waals surface area contributed by atoms with Gasteiger partial charge in [-0.15, -0.1) is 0 Å². The van der Waals surface area contributed by atoms with E-state index in [1.165, 1.54) is 0 Å². The number of rotatable bonds is 3. The lowest BCUT2D eigenvalue weighted by Crippen LogP contribution is -1.83. The summed E-state index contributed by atoms with van der Waals surface area (Å²) in [6.07, 6.45) is 1.71. The van der Waals surface area contributed by atoms with E-state index in [1.54, 1.807) is 30.3 Å². The lowest BCUT2D eigenvalue weighted by molar-refractivity contribution is 1.46. The van der Waals surface area contributed by atoms with Crippen LogP contribution in [-0.2, 0) is 0 Å². The van der Waals surface area contributed by atoms with Crippen molar-refractivity contribution in [2.24, 2.45) is 0 Å². The molecule has 0 aliphatic rings. The molecule has 0 N–H and O–H groups in total. The molecule has 0 heterocycles. The molecule has 1 aromatic rings. The van der Waals surface area contributed by atoms with Crippen LogP contribution in [0.25, 0.3) is 6.08 Å². The highest BCUT2D eigenvalue weighted by Gasteiger charge is 1.97. The predicted octanol–water partition coefficient (Wildman–Crippen LogP) is 2.68. The highest BCUT2D eigenvalue weighted by Crippen LogP contribution is 2.12.